The van der Waals surface area contributed by atoms with Gasteiger partial charge >= 0.3 is 0 Å². The summed E-state index contributed by atoms with van der Waals surface area (Å²) in [5.41, 5.74) is 11.6. The van der Waals surface area contributed by atoms with E-state index in [4.69, 9.17) is 14.2 Å². The molecule has 0 N–H and O–H groups in total. The Morgan fingerprint density at radius 2 is 0.321 bits per heavy atom. The fourth-order valence-electron chi connectivity index (χ4n) is 12.9. The van der Waals surface area contributed by atoms with Gasteiger partial charge in [-0.3, -0.25) is 0 Å². The molecule has 0 heterocycles. The van der Waals surface area contributed by atoms with Gasteiger partial charge in [-0.25, -0.2) is 0 Å². The van der Waals surface area contributed by atoms with Crippen molar-refractivity contribution < 1.29 is 41.1 Å². The summed E-state index contributed by atoms with van der Waals surface area (Å²) in [5, 5.41) is 0. The Bertz CT molecular complexity index is 1930. The predicted octanol–water partition coefficient (Wildman–Crippen LogP) is 14.7. The van der Waals surface area contributed by atoms with Gasteiger partial charge in [-0.1, -0.05) is 0 Å². The molecular formula is C69H120N6O3+6. The number of nitrogens with zero attached hydrogens (tertiary/aromatic N) is 6. The van der Waals surface area contributed by atoms with Gasteiger partial charge < -0.3 is 41.1 Å². The third kappa shape index (κ3) is 17.8. The van der Waals surface area contributed by atoms with E-state index in [1.807, 2.05) is 0 Å². The van der Waals surface area contributed by atoms with E-state index >= 15 is 0 Å². The van der Waals surface area contributed by atoms with E-state index in [1.54, 1.807) is 0 Å². The van der Waals surface area contributed by atoms with Crippen LogP contribution in [0.1, 0.15) is 175 Å². The molecule has 0 bridgehead atoms. The quantitative estimate of drug-likeness (QED) is 0.0417. The van der Waals surface area contributed by atoms with E-state index in [1.165, 1.54) is 33.4 Å². The van der Waals surface area contributed by atoms with E-state index in [0.29, 0.717) is 19.8 Å². The summed E-state index contributed by atoms with van der Waals surface area (Å²) in [7, 11) is 0. The second kappa shape index (κ2) is 31.3. The summed E-state index contributed by atoms with van der Waals surface area (Å²) in [6, 6.07) is 28.4. The summed E-state index contributed by atoms with van der Waals surface area (Å²) in [6.45, 7) is 69.7. The highest BCUT2D eigenvalue weighted by molar-refractivity contribution is 5.38. The van der Waals surface area contributed by atoms with Crippen LogP contribution in [0.4, 0.5) is 0 Å². The standard InChI is InChI=1S/C69H120N6O3/c1-19-70(20-2,21-3)49-58-37-59(50-71(22-4,23-5)24-6)44-67(43-58)76-55-64-40-65(56-77-68-45-60(51-72(25-7,26-8)27-9)38-61(46-68)52-73(28-10,29-11)30-12)42-66(41-64)57-78-69-47-62(53-74(31-13,32-14)33-15)39-63(48-69)54-75(34-16,35-17)36-18/h37-48H,19-36,49-57H2,1-18H3/q+6. The van der Waals surface area contributed by atoms with Crippen molar-refractivity contribution in [2.75, 3.05) is 118 Å². The molecule has 9 heteroatoms. The maximum absolute atomic E-state index is 7.01. The fraction of sp³-hybridized carbons (Fsp3) is 0.652. The lowest BCUT2D eigenvalue weighted by Crippen LogP contribution is -2.47. The second-order valence-corrected chi connectivity index (χ2v) is 23.7. The maximum Gasteiger partial charge on any atom is 0.120 e. The Morgan fingerprint density at radius 1 is 0.192 bits per heavy atom. The molecule has 4 rings (SSSR count). The smallest absolute Gasteiger partial charge is 0.120 e. The van der Waals surface area contributed by atoms with Crippen molar-refractivity contribution in [3.63, 3.8) is 0 Å². The van der Waals surface area contributed by atoms with Crippen molar-refractivity contribution in [1.29, 1.82) is 0 Å². The Morgan fingerprint density at radius 3 is 0.449 bits per heavy atom. The van der Waals surface area contributed by atoms with Crippen LogP contribution in [0.5, 0.6) is 17.2 Å². The van der Waals surface area contributed by atoms with Crippen LogP contribution in [0.25, 0.3) is 0 Å². The molecule has 4 aromatic rings. The molecule has 0 aliphatic heterocycles. The van der Waals surface area contributed by atoms with Crippen LogP contribution in [0.15, 0.2) is 72.8 Å². The highest BCUT2D eigenvalue weighted by Crippen LogP contribution is 2.30. The summed E-state index contributed by atoms with van der Waals surface area (Å²) < 4.78 is 27.4. The Kier molecular flexibility index (Phi) is 26.7. The zero-order valence-corrected chi connectivity index (χ0v) is 53.9. The topological polar surface area (TPSA) is 27.7 Å². The lowest BCUT2D eigenvalue weighted by Gasteiger charge is -2.37. The van der Waals surface area contributed by atoms with Crippen LogP contribution in [0, 0.1) is 0 Å². The summed E-state index contributed by atoms with van der Waals surface area (Å²) in [5.74, 6) is 2.88. The molecule has 0 aromatic heterocycles. The van der Waals surface area contributed by atoms with Crippen LogP contribution < -0.4 is 14.2 Å². The average molecular weight is 1080 g/mol. The van der Waals surface area contributed by atoms with Gasteiger partial charge in [0.15, 0.2) is 0 Å². The van der Waals surface area contributed by atoms with Crippen molar-refractivity contribution in [2.24, 2.45) is 0 Å². The van der Waals surface area contributed by atoms with Gasteiger partial charge in [0.1, 0.15) is 76.3 Å². The van der Waals surface area contributed by atoms with Crippen molar-refractivity contribution in [3.05, 3.63) is 123 Å². The molecule has 0 aliphatic rings. The minimum Gasteiger partial charge on any atom is -0.489 e. The maximum atomic E-state index is 7.01. The molecule has 0 amide bonds. The average Bonchev–Trinajstić information content (AvgIpc) is 3.49. The van der Waals surface area contributed by atoms with Crippen LogP contribution >= 0.6 is 0 Å². The Labute approximate surface area is 480 Å². The highest BCUT2D eigenvalue weighted by atomic mass is 16.5. The lowest BCUT2D eigenvalue weighted by molar-refractivity contribution is -0.936. The number of quaternary nitrogens is 6. The summed E-state index contributed by atoms with van der Waals surface area (Å²) in [6.07, 6.45) is 0. The molecular weight excluding hydrogens is 961 g/mol. The Hall–Kier alpha value is -3.96. The molecule has 78 heavy (non-hydrogen) atoms. The minimum absolute atomic E-state index is 0.458. The fourth-order valence-corrected chi connectivity index (χ4v) is 12.9. The molecule has 0 aliphatic carbocycles. The third-order valence-corrected chi connectivity index (χ3v) is 20.6. The van der Waals surface area contributed by atoms with E-state index in [9.17, 15) is 0 Å². The van der Waals surface area contributed by atoms with E-state index in [0.717, 1.165) is 218 Å². The number of rotatable bonds is 39. The number of ether oxygens (including phenoxy) is 3. The zero-order valence-electron chi connectivity index (χ0n) is 53.9. The predicted molar refractivity (Wildman–Crippen MR) is 332 cm³/mol. The van der Waals surface area contributed by atoms with Gasteiger partial charge in [-0.2, -0.15) is 0 Å². The first-order chi connectivity index (χ1) is 37.4. The second-order valence-electron chi connectivity index (χ2n) is 23.7. The molecule has 438 valence electrons. The molecule has 0 radical (unpaired) electrons. The van der Waals surface area contributed by atoms with Crippen molar-refractivity contribution in [2.45, 2.75) is 184 Å². The minimum atomic E-state index is 0.458. The largest absolute Gasteiger partial charge is 0.489 e. The van der Waals surface area contributed by atoms with Gasteiger partial charge in [-0.05, 0) is 214 Å². The van der Waals surface area contributed by atoms with Crippen LogP contribution in [-0.4, -0.2) is 145 Å². The molecule has 0 saturated carbocycles. The number of hydrogen-bond acceptors (Lipinski definition) is 3. The summed E-state index contributed by atoms with van der Waals surface area (Å²) in [4.78, 5) is 0. The molecule has 0 saturated heterocycles. The van der Waals surface area contributed by atoms with Gasteiger partial charge in [0, 0.05) is 33.4 Å². The van der Waals surface area contributed by atoms with Crippen LogP contribution in [0.3, 0.4) is 0 Å². The van der Waals surface area contributed by atoms with E-state index < -0.39 is 0 Å². The molecule has 0 unspecified atom stereocenters. The number of hydrogen-bond donors (Lipinski definition) is 0. The monoisotopic (exact) mass is 1080 g/mol. The molecule has 0 spiro atoms. The zero-order chi connectivity index (χ0) is 57.6. The van der Waals surface area contributed by atoms with E-state index in [2.05, 4.69) is 197 Å². The molecule has 0 atom stereocenters. The van der Waals surface area contributed by atoms with E-state index in [-0.39, 0.29) is 0 Å². The number of benzene rings is 4. The Balaban J connectivity index is 1.85. The highest BCUT2D eigenvalue weighted by Gasteiger charge is 2.29. The van der Waals surface area contributed by atoms with Crippen molar-refractivity contribution in [1.82, 2.24) is 0 Å². The van der Waals surface area contributed by atoms with Gasteiger partial charge in [0.05, 0.1) is 118 Å². The molecule has 0 fully saturated rings. The van der Waals surface area contributed by atoms with Gasteiger partial charge in [0.25, 0.3) is 0 Å². The molecule has 9 nitrogen and oxygen atoms in total. The van der Waals surface area contributed by atoms with Crippen molar-refractivity contribution >= 4 is 0 Å². The van der Waals surface area contributed by atoms with Gasteiger partial charge in [0.2, 0.25) is 0 Å². The SMILES string of the molecule is CC[N+](CC)(CC)Cc1cc(C[N+](CC)(CC)CC)cc(OCc2cc(COc3cc(C[N+](CC)(CC)CC)cc(C[N+](CC)(CC)CC)c3)cc(COc3cc(C[N+](CC)(CC)CC)cc(C[N+](CC)(CC)CC)c3)c2)c1. The summed E-state index contributed by atoms with van der Waals surface area (Å²) >= 11 is 0. The first kappa shape index (κ1) is 66.6. The first-order valence-corrected chi connectivity index (χ1v) is 31.9. The normalized spacial score (nSPS) is 12.8. The first-order valence-electron chi connectivity index (χ1n) is 31.9. The molecule has 4 aromatic carbocycles. The van der Waals surface area contributed by atoms with Crippen molar-refractivity contribution in [3.8, 4) is 17.2 Å². The van der Waals surface area contributed by atoms with Crippen LogP contribution in [-0.2, 0) is 59.1 Å². The lowest BCUT2D eigenvalue weighted by atomic mass is 10.0. The third-order valence-electron chi connectivity index (χ3n) is 20.6. The van der Waals surface area contributed by atoms with Gasteiger partial charge in [-0.15, -0.1) is 0 Å². The van der Waals surface area contributed by atoms with Crippen LogP contribution in [0.2, 0.25) is 0 Å².